The van der Waals surface area contributed by atoms with Crippen molar-refractivity contribution in [3.8, 4) is 0 Å². The van der Waals surface area contributed by atoms with Crippen LogP contribution >= 0.6 is 0 Å². The third kappa shape index (κ3) is 5.01. The molecule has 0 saturated carbocycles. The van der Waals surface area contributed by atoms with E-state index in [2.05, 4.69) is 37.9 Å². The van der Waals surface area contributed by atoms with Crippen molar-refractivity contribution in [2.75, 3.05) is 26.2 Å². The molecule has 0 spiro atoms. The van der Waals surface area contributed by atoms with Crippen LogP contribution in [0.15, 0.2) is 0 Å². The molecule has 0 aliphatic carbocycles. The van der Waals surface area contributed by atoms with E-state index in [1.165, 1.54) is 45.2 Å². The average Bonchev–Trinajstić information content (AvgIpc) is 2.85. The SMILES string of the molecule is CC(C)CC1CNC(C)(C)CN1CCCC1CCCO1. The fourth-order valence-corrected chi connectivity index (χ4v) is 3.65. The lowest BCUT2D eigenvalue weighted by molar-refractivity contribution is 0.0678. The molecule has 1 N–H and O–H groups in total. The summed E-state index contributed by atoms with van der Waals surface area (Å²) in [5.74, 6) is 0.781. The van der Waals surface area contributed by atoms with Crippen LogP contribution in [0.2, 0.25) is 0 Å². The molecule has 2 aliphatic heterocycles. The first-order valence-corrected chi connectivity index (χ1v) is 8.57. The van der Waals surface area contributed by atoms with Gasteiger partial charge in [-0.1, -0.05) is 13.8 Å². The number of piperazine rings is 1. The molecule has 0 amide bonds. The summed E-state index contributed by atoms with van der Waals surface area (Å²) in [6, 6.07) is 0.715. The van der Waals surface area contributed by atoms with Crippen LogP contribution in [0.5, 0.6) is 0 Å². The molecule has 0 radical (unpaired) electrons. The van der Waals surface area contributed by atoms with Gasteiger partial charge in [0.1, 0.15) is 0 Å². The molecule has 118 valence electrons. The van der Waals surface area contributed by atoms with E-state index in [1.54, 1.807) is 0 Å². The molecule has 0 bridgehead atoms. The van der Waals surface area contributed by atoms with Gasteiger partial charge >= 0.3 is 0 Å². The van der Waals surface area contributed by atoms with Crippen molar-refractivity contribution in [2.24, 2.45) is 5.92 Å². The second kappa shape index (κ2) is 7.24. The molecule has 3 heteroatoms. The maximum atomic E-state index is 5.74. The first kappa shape index (κ1) is 16.3. The van der Waals surface area contributed by atoms with Gasteiger partial charge in [0.2, 0.25) is 0 Å². The van der Waals surface area contributed by atoms with E-state index >= 15 is 0 Å². The van der Waals surface area contributed by atoms with Crippen molar-refractivity contribution < 1.29 is 4.74 Å². The Morgan fingerprint density at radius 1 is 1.35 bits per heavy atom. The second-order valence-electron chi connectivity index (χ2n) is 7.80. The van der Waals surface area contributed by atoms with Crippen LogP contribution in [0.3, 0.4) is 0 Å². The standard InChI is InChI=1S/C17H34N2O/c1-14(2)11-15-12-18-17(3,4)13-19(15)9-5-7-16-8-6-10-20-16/h14-16,18H,5-13H2,1-4H3. The molecule has 0 aromatic rings. The van der Waals surface area contributed by atoms with Gasteiger partial charge in [-0.3, -0.25) is 4.90 Å². The lowest BCUT2D eigenvalue weighted by atomic mass is 9.93. The lowest BCUT2D eigenvalue weighted by Gasteiger charge is -2.45. The summed E-state index contributed by atoms with van der Waals surface area (Å²) in [6.45, 7) is 13.9. The minimum atomic E-state index is 0.261. The van der Waals surface area contributed by atoms with Gasteiger partial charge in [-0.25, -0.2) is 0 Å². The lowest BCUT2D eigenvalue weighted by Crippen LogP contribution is -2.61. The zero-order valence-corrected chi connectivity index (χ0v) is 14.0. The third-order valence-corrected chi connectivity index (χ3v) is 4.67. The summed E-state index contributed by atoms with van der Waals surface area (Å²) in [5, 5.41) is 3.71. The normalized spacial score (nSPS) is 31.1. The fourth-order valence-electron chi connectivity index (χ4n) is 3.65. The van der Waals surface area contributed by atoms with E-state index in [-0.39, 0.29) is 5.54 Å². The molecule has 2 rings (SSSR count). The predicted molar refractivity (Wildman–Crippen MR) is 85.1 cm³/mol. The molecule has 20 heavy (non-hydrogen) atoms. The van der Waals surface area contributed by atoms with Gasteiger partial charge in [0, 0.05) is 31.3 Å². The summed E-state index contributed by atoms with van der Waals surface area (Å²) in [6.07, 6.45) is 6.94. The summed E-state index contributed by atoms with van der Waals surface area (Å²) < 4.78 is 5.74. The molecule has 3 nitrogen and oxygen atoms in total. The van der Waals surface area contributed by atoms with Gasteiger partial charge in [-0.2, -0.15) is 0 Å². The highest BCUT2D eigenvalue weighted by atomic mass is 16.5. The minimum Gasteiger partial charge on any atom is -0.378 e. The second-order valence-corrected chi connectivity index (χ2v) is 7.80. The molecule has 2 atom stereocenters. The molecule has 0 aromatic carbocycles. The molecular formula is C17H34N2O. The zero-order valence-electron chi connectivity index (χ0n) is 14.0. The topological polar surface area (TPSA) is 24.5 Å². The summed E-state index contributed by atoms with van der Waals surface area (Å²) in [7, 11) is 0. The highest BCUT2D eigenvalue weighted by Crippen LogP contribution is 2.22. The van der Waals surface area contributed by atoms with Crippen molar-refractivity contribution in [1.29, 1.82) is 0 Å². The van der Waals surface area contributed by atoms with E-state index in [4.69, 9.17) is 4.74 Å². The molecule has 2 aliphatic rings. The quantitative estimate of drug-likeness (QED) is 0.810. The van der Waals surface area contributed by atoms with Crippen LogP contribution in [-0.4, -0.2) is 48.8 Å². The van der Waals surface area contributed by atoms with Crippen molar-refractivity contribution >= 4 is 0 Å². The van der Waals surface area contributed by atoms with Gasteiger partial charge < -0.3 is 10.1 Å². The van der Waals surface area contributed by atoms with E-state index in [0.29, 0.717) is 12.1 Å². The Bertz CT molecular complexity index is 285. The van der Waals surface area contributed by atoms with Crippen LogP contribution in [-0.2, 0) is 4.74 Å². The van der Waals surface area contributed by atoms with Crippen LogP contribution in [0.4, 0.5) is 0 Å². The largest absolute Gasteiger partial charge is 0.378 e. The van der Waals surface area contributed by atoms with Crippen LogP contribution in [0.1, 0.15) is 59.8 Å². The molecule has 2 fully saturated rings. The van der Waals surface area contributed by atoms with Gasteiger partial charge in [0.05, 0.1) is 6.10 Å². The van der Waals surface area contributed by atoms with Crippen molar-refractivity contribution in [3.05, 3.63) is 0 Å². The maximum Gasteiger partial charge on any atom is 0.0576 e. The smallest absolute Gasteiger partial charge is 0.0576 e. The molecule has 2 heterocycles. The minimum absolute atomic E-state index is 0.261. The van der Waals surface area contributed by atoms with E-state index in [9.17, 15) is 0 Å². The first-order valence-electron chi connectivity index (χ1n) is 8.57. The average molecular weight is 282 g/mol. The van der Waals surface area contributed by atoms with E-state index in [1.807, 2.05) is 0 Å². The number of nitrogens with one attached hydrogen (secondary N) is 1. The number of hydrogen-bond donors (Lipinski definition) is 1. The highest BCUT2D eigenvalue weighted by molar-refractivity contribution is 4.92. The Hall–Kier alpha value is -0.120. The molecule has 2 unspecified atom stereocenters. The monoisotopic (exact) mass is 282 g/mol. The Balaban J connectivity index is 1.79. The van der Waals surface area contributed by atoms with Crippen molar-refractivity contribution in [2.45, 2.75) is 77.5 Å². The Labute approximate surface area is 125 Å². The van der Waals surface area contributed by atoms with Crippen LogP contribution in [0, 0.1) is 5.92 Å². The van der Waals surface area contributed by atoms with E-state index < -0.39 is 0 Å². The van der Waals surface area contributed by atoms with Crippen molar-refractivity contribution in [1.82, 2.24) is 10.2 Å². The summed E-state index contributed by atoms with van der Waals surface area (Å²) in [4.78, 5) is 2.73. The Kier molecular flexibility index (Phi) is 5.88. The summed E-state index contributed by atoms with van der Waals surface area (Å²) >= 11 is 0. The number of ether oxygens (including phenoxy) is 1. The number of nitrogens with zero attached hydrogens (tertiary/aromatic N) is 1. The van der Waals surface area contributed by atoms with Gasteiger partial charge in [0.25, 0.3) is 0 Å². The number of rotatable bonds is 6. The predicted octanol–water partition coefficient (Wildman–Crippen LogP) is 3.04. The highest BCUT2D eigenvalue weighted by Gasteiger charge is 2.32. The van der Waals surface area contributed by atoms with Crippen molar-refractivity contribution in [3.63, 3.8) is 0 Å². The fraction of sp³-hybridized carbons (Fsp3) is 1.00. The number of hydrogen-bond acceptors (Lipinski definition) is 3. The first-order chi connectivity index (χ1) is 9.46. The Morgan fingerprint density at radius 3 is 2.80 bits per heavy atom. The Morgan fingerprint density at radius 2 is 2.15 bits per heavy atom. The zero-order chi connectivity index (χ0) is 14.6. The molecule has 0 aromatic heterocycles. The van der Waals surface area contributed by atoms with E-state index in [0.717, 1.165) is 19.1 Å². The van der Waals surface area contributed by atoms with Gasteiger partial charge in [0.15, 0.2) is 0 Å². The maximum absolute atomic E-state index is 5.74. The van der Waals surface area contributed by atoms with Gasteiger partial charge in [-0.15, -0.1) is 0 Å². The summed E-state index contributed by atoms with van der Waals surface area (Å²) in [5.41, 5.74) is 0.261. The third-order valence-electron chi connectivity index (χ3n) is 4.67. The molecule has 2 saturated heterocycles. The van der Waals surface area contributed by atoms with Crippen LogP contribution < -0.4 is 5.32 Å². The molecular weight excluding hydrogens is 248 g/mol. The van der Waals surface area contributed by atoms with Crippen LogP contribution in [0.25, 0.3) is 0 Å². The van der Waals surface area contributed by atoms with Gasteiger partial charge in [-0.05, 0) is 58.4 Å².